The molecule has 2 aromatic rings. The van der Waals surface area contributed by atoms with Gasteiger partial charge in [-0.05, 0) is 44.4 Å². The Hall–Kier alpha value is -3.27. The van der Waals surface area contributed by atoms with Crippen LogP contribution in [0.4, 0.5) is 11.5 Å². The van der Waals surface area contributed by atoms with E-state index in [1.165, 1.54) is 6.39 Å². The largest absolute Gasteiger partial charge is 0.438 e. The number of nitrogens with zero attached hydrogens (tertiary/aromatic N) is 2. The molecule has 4 heterocycles. The van der Waals surface area contributed by atoms with E-state index in [9.17, 15) is 14.4 Å². The molecule has 10 nitrogen and oxygen atoms in total. The van der Waals surface area contributed by atoms with Crippen molar-refractivity contribution >= 4 is 29.2 Å². The number of carbonyl (C=O) groups is 3. The summed E-state index contributed by atoms with van der Waals surface area (Å²) in [6.07, 6.45) is 7.78. The van der Waals surface area contributed by atoms with E-state index in [1.807, 2.05) is 0 Å². The lowest BCUT2D eigenvalue weighted by atomic mass is 9.76. The number of carbonyl (C=O) groups excluding carboxylic acids is 3. The van der Waals surface area contributed by atoms with Gasteiger partial charge in [-0.3, -0.25) is 14.4 Å². The summed E-state index contributed by atoms with van der Waals surface area (Å²) < 4.78 is 10.7. The number of aromatic nitrogens is 2. The van der Waals surface area contributed by atoms with Gasteiger partial charge in [0.2, 0.25) is 17.6 Å². The Morgan fingerprint density at radius 3 is 2.60 bits per heavy atom. The molecule has 0 bridgehead atoms. The second kappa shape index (κ2) is 9.41. The Balaban J connectivity index is 1.35. The number of nitrogens with one attached hydrogen (secondary N) is 3. The predicted octanol–water partition coefficient (Wildman–Crippen LogP) is 2.94. The van der Waals surface area contributed by atoms with Crippen molar-refractivity contribution in [2.24, 2.45) is 11.8 Å². The minimum Gasteiger partial charge on any atom is -0.438 e. The molecule has 2 aliphatic heterocycles. The van der Waals surface area contributed by atoms with Crippen LogP contribution in [0.15, 0.2) is 23.1 Å². The summed E-state index contributed by atoms with van der Waals surface area (Å²) >= 11 is 0. The molecule has 0 aromatic carbocycles. The zero-order chi connectivity index (χ0) is 24.6. The van der Waals surface area contributed by atoms with E-state index < -0.39 is 17.4 Å². The van der Waals surface area contributed by atoms with Crippen molar-refractivity contribution < 1.29 is 23.5 Å². The van der Waals surface area contributed by atoms with Gasteiger partial charge in [0.05, 0.1) is 16.8 Å². The standard InChI is InChI=1S/C25H31N5O5/c1-14-3-5-16(6-4-14)20(30-23(32)21-15(2)27-13-35-21)22(31)29-19-11-18-17(12-26-19)25(24(33)28-18)7-9-34-10-8-25/h11-14,16,20H,3-10H2,1-2H3,(H,28,33)(H,30,32)(H,26,29,31). The number of oxazole rings is 1. The van der Waals surface area contributed by atoms with Crippen LogP contribution >= 0.6 is 0 Å². The fourth-order valence-corrected chi connectivity index (χ4v) is 5.54. The fourth-order valence-electron chi connectivity index (χ4n) is 5.54. The Kier molecular flexibility index (Phi) is 6.31. The molecular formula is C25H31N5O5. The number of hydrogen-bond donors (Lipinski definition) is 3. The molecule has 3 N–H and O–H groups in total. The van der Waals surface area contributed by atoms with Crippen molar-refractivity contribution in [3.63, 3.8) is 0 Å². The highest BCUT2D eigenvalue weighted by molar-refractivity contribution is 6.07. The van der Waals surface area contributed by atoms with Gasteiger partial charge < -0.3 is 25.1 Å². The van der Waals surface area contributed by atoms with Gasteiger partial charge in [-0.1, -0.05) is 19.8 Å². The zero-order valence-corrected chi connectivity index (χ0v) is 20.1. The number of anilines is 2. The third kappa shape index (κ3) is 4.42. The van der Waals surface area contributed by atoms with Crippen LogP contribution in [0, 0.1) is 18.8 Å². The molecule has 2 fully saturated rings. The van der Waals surface area contributed by atoms with Crippen LogP contribution in [0.3, 0.4) is 0 Å². The van der Waals surface area contributed by atoms with Crippen molar-refractivity contribution in [2.45, 2.75) is 63.8 Å². The van der Waals surface area contributed by atoms with E-state index >= 15 is 0 Å². The van der Waals surface area contributed by atoms with Gasteiger partial charge >= 0.3 is 0 Å². The van der Waals surface area contributed by atoms with Gasteiger partial charge in [-0.25, -0.2) is 9.97 Å². The molecule has 186 valence electrons. The van der Waals surface area contributed by atoms with Crippen LogP contribution in [-0.4, -0.2) is 46.9 Å². The molecule has 10 heteroatoms. The maximum atomic E-state index is 13.4. The van der Waals surface area contributed by atoms with Crippen LogP contribution in [0.5, 0.6) is 0 Å². The SMILES string of the molecule is Cc1ncoc1C(=O)NC(C(=O)Nc1cc2c(cn1)C1(CCOCC1)C(=O)N2)C1CCC(C)CC1. The predicted molar refractivity (Wildman–Crippen MR) is 127 cm³/mol. The zero-order valence-electron chi connectivity index (χ0n) is 20.1. The van der Waals surface area contributed by atoms with E-state index in [-0.39, 0.29) is 23.5 Å². The van der Waals surface area contributed by atoms with Crippen molar-refractivity contribution in [3.8, 4) is 0 Å². The summed E-state index contributed by atoms with van der Waals surface area (Å²) in [5.41, 5.74) is 1.35. The molecule has 1 saturated heterocycles. The number of rotatable bonds is 5. The Morgan fingerprint density at radius 1 is 1.17 bits per heavy atom. The fraction of sp³-hybridized carbons (Fsp3) is 0.560. The first-order valence-corrected chi connectivity index (χ1v) is 12.3. The summed E-state index contributed by atoms with van der Waals surface area (Å²) in [4.78, 5) is 47.5. The Labute approximate surface area is 203 Å². The van der Waals surface area contributed by atoms with Gasteiger partial charge in [-0.15, -0.1) is 0 Å². The highest BCUT2D eigenvalue weighted by Gasteiger charge is 2.48. The highest BCUT2D eigenvalue weighted by Crippen LogP contribution is 2.44. The molecule has 5 rings (SSSR count). The summed E-state index contributed by atoms with van der Waals surface area (Å²) in [5.74, 6) is 0.177. The Bertz CT molecular complexity index is 1130. The van der Waals surface area contributed by atoms with Crippen LogP contribution < -0.4 is 16.0 Å². The molecule has 1 atom stereocenters. The molecule has 2 aromatic heterocycles. The molecule has 3 amide bonds. The summed E-state index contributed by atoms with van der Waals surface area (Å²) in [7, 11) is 0. The van der Waals surface area contributed by atoms with E-state index in [4.69, 9.17) is 9.15 Å². The number of pyridine rings is 1. The molecule has 1 unspecified atom stereocenters. The third-order valence-electron chi connectivity index (χ3n) is 7.75. The van der Waals surface area contributed by atoms with E-state index in [0.29, 0.717) is 49.2 Å². The van der Waals surface area contributed by atoms with Gasteiger partial charge in [-0.2, -0.15) is 0 Å². The highest BCUT2D eigenvalue weighted by atomic mass is 16.5. The minimum absolute atomic E-state index is 0.00184. The second-order valence-corrected chi connectivity index (χ2v) is 9.99. The maximum Gasteiger partial charge on any atom is 0.289 e. The average molecular weight is 482 g/mol. The molecule has 0 radical (unpaired) electrons. The second-order valence-electron chi connectivity index (χ2n) is 9.99. The smallest absolute Gasteiger partial charge is 0.289 e. The van der Waals surface area contributed by atoms with Gasteiger partial charge in [0, 0.05) is 31.0 Å². The molecule has 1 saturated carbocycles. The van der Waals surface area contributed by atoms with Crippen LogP contribution in [0.25, 0.3) is 0 Å². The normalized spacial score (nSPS) is 23.9. The van der Waals surface area contributed by atoms with E-state index in [0.717, 1.165) is 31.2 Å². The third-order valence-corrected chi connectivity index (χ3v) is 7.75. The number of fused-ring (bicyclic) bond motifs is 2. The molecule has 3 aliphatic rings. The molecule has 1 spiro atoms. The summed E-state index contributed by atoms with van der Waals surface area (Å²) in [5, 5.41) is 8.69. The van der Waals surface area contributed by atoms with Crippen molar-refractivity contribution in [2.75, 3.05) is 23.8 Å². The maximum absolute atomic E-state index is 13.4. The molecule has 1 aliphatic carbocycles. The van der Waals surface area contributed by atoms with E-state index in [2.05, 4.69) is 32.8 Å². The van der Waals surface area contributed by atoms with Crippen LogP contribution in [0.2, 0.25) is 0 Å². The van der Waals surface area contributed by atoms with Gasteiger partial charge in [0.1, 0.15) is 11.9 Å². The lowest BCUT2D eigenvalue weighted by molar-refractivity contribution is -0.124. The van der Waals surface area contributed by atoms with Crippen LogP contribution in [-0.2, 0) is 19.7 Å². The first-order chi connectivity index (χ1) is 16.9. The first kappa shape index (κ1) is 23.5. The monoisotopic (exact) mass is 481 g/mol. The van der Waals surface area contributed by atoms with Crippen molar-refractivity contribution in [1.82, 2.24) is 15.3 Å². The number of hydrogen-bond acceptors (Lipinski definition) is 7. The summed E-state index contributed by atoms with van der Waals surface area (Å²) in [6.45, 7) is 4.94. The lowest BCUT2D eigenvalue weighted by Gasteiger charge is -2.32. The van der Waals surface area contributed by atoms with Gasteiger partial charge in [0.15, 0.2) is 6.39 Å². The van der Waals surface area contributed by atoms with E-state index in [1.54, 1.807) is 19.2 Å². The quantitative estimate of drug-likeness (QED) is 0.597. The number of aryl methyl sites for hydroxylation is 1. The number of ether oxygens (including phenoxy) is 1. The lowest BCUT2D eigenvalue weighted by Crippen LogP contribution is -2.49. The first-order valence-electron chi connectivity index (χ1n) is 12.3. The average Bonchev–Trinajstić information content (AvgIpc) is 3.39. The van der Waals surface area contributed by atoms with Crippen molar-refractivity contribution in [3.05, 3.63) is 35.7 Å². The Morgan fingerprint density at radius 2 is 1.91 bits per heavy atom. The topological polar surface area (TPSA) is 135 Å². The van der Waals surface area contributed by atoms with Gasteiger partial charge in [0.25, 0.3) is 5.91 Å². The van der Waals surface area contributed by atoms with Crippen LogP contribution in [0.1, 0.15) is 67.3 Å². The van der Waals surface area contributed by atoms with Crippen molar-refractivity contribution in [1.29, 1.82) is 0 Å². The molecule has 35 heavy (non-hydrogen) atoms. The number of amides is 3. The molecular weight excluding hydrogens is 450 g/mol. The minimum atomic E-state index is -0.744. The summed E-state index contributed by atoms with van der Waals surface area (Å²) in [6, 6.07) is 0.948.